The summed E-state index contributed by atoms with van der Waals surface area (Å²) in [6.07, 6.45) is 0. The van der Waals surface area contributed by atoms with Crippen molar-refractivity contribution >= 4 is 28.3 Å². The van der Waals surface area contributed by atoms with E-state index < -0.39 is 17.3 Å². The Morgan fingerprint density at radius 3 is 2.50 bits per heavy atom. The van der Waals surface area contributed by atoms with Crippen LogP contribution in [0.1, 0.15) is 25.6 Å². The first kappa shape index (κ1) is 18.1. The summed E-state index contributed by atoms with van der Waals surface area (Å²) >= 11 is 1.29. The predicted octanol–water partition coefficient (Wildman–Crippen LogP) is 3.79. The van der Waals surface area contributed by atoms with Gasteiger partial charge in [-0.1, -0.05) is 0 Å². The summed E-state index contributed by atoms with van der Waals surface area (Å²) in [4.78, 5) is 29.5. The highest BCUT2D eigenvalue weighted by atomic mass is 32.1. The SMILES string of the molecule is CCOC(=O)C(C)(C)C(=O)Nc1nc(-c2ccc(F)cc2)c(C)s1. The van der Waals surface area contributed by atoms with Crippen molar-refractivity contribution in [1.82, 2.24) is 4.98 Å². The predicted molar refractivity (Wildman–Crippen MR) is 91.3 cm³/mol. The highest BCUT2D eigenvalue weighted by Gasteiger charge is 2.38. The van der Waals surface area contributed by atoms with Crippen molar-refractivity contribution in [2.45, 2.75) is 27.7 Å². The number of carbonyl (C=O) groups is 2. The minimum atomic E-state index is -1.31. The number of aromatic nitrogens is 1. The van der Waals surface area contributed by atoms with Gasteiger partial charge < -0.3 is 10.1 Å². The van der Waals surface area contributed by atoms with Crippen LogP contribution >= 0.6 is 11.3 Å². The third-order valence-corrected chi connectivity index (χ3v) is 4.37. The topological polar surface area (TPSA) is 68.3 Å². The van der Waals surface area contributed by atoms with Gasteiger partial charge in [-0.3, -0.25) is 9.59 Å². The standard InChI is InChI=1S/C17H19FN2O3S/c1-5-23-15(22)17(3,4)14(21)20-16-19-13(10(2)24-16)11-6-8-12(18)9-7-11/h6-9H,5H2,1-4H3,(H,19,20,21). The van der Waals surface area contributed by atoms with Gasteiger partial charge in [0, 0.05) is 10.4 Å². The van der Waals surface area contributed by atoms with Gasteiger partial charge in [0.15, 0.2) is 5.13 Å². The van der Waals surface area contributed by atoms with Gasteiger partial charge in [0.25, 0.3) is 0 Å². The lowest BCUT2D eigenvalue weighted by Gasteiger charge is -2.20. The van der Waals surface area contributed by atoms with Gasteiger partial charge in [0.1, 0.15) is 11.2 Å². The average Bonchev–Trinajstić information content (AvgIpc) is 2.88. The molecule has 0 fully saturated rings. The number of halogens is 1. The summed E-state index contributed by atoms with van der Waals surface area (Å²) in [6.45, 7) is 6.76. The lowest BCUT2D eigenvalue weighted by molar-refractivity contribution is -0.156. The van der Waals surface area contributed by atoms with Gasteiger partial charge in [-0.25, -0.2) is 9.37 Å². The Labute approximate surface area is 143 Å². The number of anilines is 1. The smallest absolute Gasteiger partial charge is 0.321 e. The van der Waals surface area contributed by atoms with E-state index in [0.29, 0.717) is 10.8 Å². The molecular formula is C17H19FN2O3S. The number of ether oxygens (including phenoxy) is 1. The lowest BCUT2D eigenvalue weighted by atomic mass is 9.93. The molecule has 0 spiro atoms. The third kappa shape index (κ3) is 3.79. The van der Waals surface area contributed by atoms with Crippen LogP contribution in [0.2, 0.25) is 0 Å². The second-order valence-corrected chi connectivity index (χ2v) is 6.93. The van der Waals surface area contributed by atoms with E-state index in [1.807, 2.05) is 6.92 Å². The Hall–Kier alpha value is -2.28. The minimum Gasteiger partial charge on any atom is -0.465 e. The molecule has 1 amide bonds. The summed E-state index contributed by atoms with van der Waals surface area (Å²) in [5.41, 5.74) is 0.116. The molecule has 2 aromatic rings. The van der Waals surface area contributed by atoms with E-state index >= 15 is 0 Å². The van der Waals surface area contributed by atoms with Gasteiger partial charge in [-0.05, 0) is 52.0 Å². The van der Waals surface area contributed by atoms with Crippen LogP contribution in [0.15, 0.2) is 24.3 Å². The fourth-order valence-electron chi connectivity index (χ4n) is 1.98. The summed E-state index contributed by atoms with van der Waals surface area (Å²) in [5.74, 6) is -1.40. The van der Waals surface area contributed by atoms with Crippen LogP contribution in [0.4, 0.5) is 9.52 Å². The molecule has 0 aliphatic heterocycles. The third-order valence-electron chi connectivity index (χ3n) is 3.49. The first-order valence-electron chi connectivity index (χ1n) is 7.47. The van der Waals surface area contributed by atoms with Gasteiger partial charge in [0.05, 0.1) is 12.3 Å². The van der Waals surface area contributed by atoms with E-state index in [0.717, 1.165) is 10.4 Å². The highest BCUT2D eigenvalue weighted by Crippen LogP contribution is 2.31. The number of esters is 1. The number of nitrogens with one attached hydrogen (secondary N) is 1. The quantitative estimate of drug-likeness (QED) is 0.658. The Morgan fingerprint density at radius 1 is 1.29 bits per heavy atom. The summed E-state index contributed by atoms with van der Waals surface area (Å²) in [5, 5.41) is 3.04. The Kier molecular flexibility index (Phi) is 5.33. The molecule has 1 heterocycles. The highest BCUT2D eigenvalue weighted by molar-refractivity contribution is 7.16. The van der Waals surface area contributed by atoms with Crippen LogP contribution in [-0.2, 0) is 14.3 Å². The average molecular weight is 350 g/mol. The number of hydrogen-bond donors (Lipinski definition) is 1. The number of thiazole rings is 1. The summed E-state index contributed by atoms with van der Waals surface area (Å²) in [6, 6.07) is 5.98. The molecule has 0 aliphatic carbocycles. The van der Waals surface area contributed by atoms with Crippen LogP contribution in [-0.4, -0.2) is 23.5 Å². The maximum absolute atomic E-state index is 13.0. The molecule has 0 saturated carbocycles. The van der Waals surface area contributed by atoms with Crippen molar-refractivity contribution in [2.24, 2.45) is 5.41 Å². The van der Waals surface area contributed by atoms with E-state index in [1.54, 1.807) is 19.1 Å². The van der Waals surface area contributed by atoms with Crippen molar-refractivity contribution in [3.63, 3.8) is 0 Å². The van der Waals surface area contributed by atoms with Crippen LogP contribution in [0.25, 0.3) is 11.3 Å². The molecule has 24 heavy (non-hydrogen) atoms. The maximum Gasteiger partial charge on any atom is 0.321 e. The zero-order valence-corrected chi connectivity index (χ0v) is 14.8. The van der Waals surface area contributed by atoms with Crippen LogP contribution in [0, 0.1) is 18.2 Å². The second-order valence-electron chi connectivity index (χ2n) is 5.73. The number of nitrogens with zero attached hydrogens (tertiary/aromatic N) is 1. The molecular weight excluding hydrogens is 331 g/mol. The van der Waals surface area contributed by atoms with Crippen molar-refractivity contribution in [2.75, 3.05) is 11.9 Å². The number of aryl methyl sites for hydroxylation is 1. The first-order valence-corrected chi connectivity index (χ1v) is 8.29. The van der Waals surface area contributed by atoms with Gasteiger partial charge in [-0.2, -0.15) is 0 Å². The fraction of sp³-hybridized carbons (Fsp3) is 0.353. The number of benzene rings is 1. The molecule has 1 aromatic carbocycles. The molecule has 128 valence electrons. The summed E-state index contributed by atoms with van der Waals surface area (Å²) < 4.78 is 18.0. The van der Waals surface area contributed by atoms with Crippen molar-refractivity contribution in [1.29, 1.82) is 0 Å². The largest absolute Gasteiger partial charge is 0.465 e. The van der Waals surface area contributed by atoms with E-state index in [-0.39, 0.29) is 12.4 Å². The molecule has 0 bridgehead atoms. The van der Waals surface area contributed by atoms with Gasteiger partial charge >= 0.3 is 5.97 Å². The van der Waals surface area contributed by atoms with Gasteiger partial charge in [-0.15, -0.1) is 11.3 Å². The molecule has 0 radical (unpaired) electrons. The van der Waals surface area contributed by atoms with E-state index in [2.05, 4.69) is 10.3 Å². The monoisotopic (exact) mass is 350 g/mol. The van der Waals surface area contributed by atoms with E-state index in [1.165, 1.54) is 37.3 Å². The normalized spacial score (nSPS) is 11.2. The Bertz CT molecular complexity index is 754. The van der Waals surface area contributed by atoms with Crippen molar-refractivity contribution in [3.05, 3.63) is 35.0 Å². The number of rotatable bonds is 5. The zero-order chi connectivity index (χ0) is 17.9. The molecule has 2 rings (SSSR count). The molecule has 5 nitrogen and oxygen atoms in total. The summed E-state index contributed by atoms with van der Waals surface area (Å²) in [7, 11) is 0. The fourth-order valence-corrected chi connectivity index (χ4v) is 2.81. The van der Waals surface area contributed by atoms with Crippen molar-refractivity contribution < 1.29 is 18.7 Å². The number of carbonyl (C=O) groups excluding carboxylic acids is 2. The van der Waals surface area contributed by atoms with Crippen molar-refractivity contribution in [3.8, 4) is 11.3 Å². The maximum atomic E-state index is 13.0. The van der Waals surface area contributed by atoms with Crippen LogP contribution in [0.3, 0.4) is 0 Å². The molecule has 0 unspecified atom stereocenters. The molecule has 1 N–H and O–H groups in total. The van der Waals surface area contributed by atoms with E-state index in [9.17, 15) is 14.0 Å². The van der Waals surface area contributed by atoms with Gasteiger partial charge in [0.2, 0.25) is 5.91 Å². The molecule has 0 saturated heterocycles. The lowest BCUT2D eigenvalue weighted by Crippen LogP contribution is -2.39. The van der Waals surface area contributed by atoms with Crippen LogP contribution in [0.5, 0.6) is 0 Å². The Balaban J connectivity index is 2.19. The molecule has 7 heteroatoms. The first-order chi connectivity index (χ1) is 11.3. The van der Waals surface area contributed by atoms with Crippen LogP contribution < -0.4 is 5.32 Å². The molecule has 1 aromatic heterocycles. The minimum absolute atomic E-state index is 0.209. The Morgan fingerprint density at radius 2 is 1.92 bits per heavy atom. The zero-order valence-electron chi connectivity index (χ0n) is 14.0. The molecule has 0 atom stereocenters. The molecule has 0 aliphatic rings. The second kappa shape index (κ2) is 7.09. The number of amides is 1. The van der Waals surface area contributed by atoms with E-state index in [4.69, 9.17) is 4.74 Å². The number of hydrogen-bond acceptors (Lipinski definition) is 5.